The van der Waals surface area contributed by atoms with Gasteiger partial charge in [-0.3, -0.25) is 4.90 Å². The van der Waals surface area contributed by atoms with Gasteiger partial charge in [-0.15, -0.1) is 0 Å². The van der Waals surface area contributed by atoms with Gasteiger partial charge in [0.15, 0.2) is 0 Å². The van der Waals surface area contributed by atoms with Gasteiger partial charge in [0.05, 0.1) is 11.7 Å². The summed E-state index contributed by atoms with van der Waals surface area (Å²) in [5, 5.41) is 3.58. The Morgan fingerprint density at radius 2 is 2.00 bits per heavy atom. The Labute approximate surface area is 107 Å². The second-order valence-electron chi connectivity index (χ2n) is 7.10. The molecule has 1 rings (SSSR count). The fourth-order valence-corrected chi connectivity index (χ4v) is 2.42. The molecule has 0 saturated carbocycles. The van der Waals surface area contributed by atoms with Crippen LogP contribution in [0.1, 0.15) is 48.5 Å². The van der Waals surface area contributed by atoms with E-state index in [1.54, 1.807) is 0 Å². The zero-order valence-electron chi connectivity index (χ0n) is 12.6. The zero-order valence-corrected chi connectivity index (χ0v) is 12.6. The summed E-state index contributed by atoms with van der Waals surface area (Å²) in [5.74, 6) is 0. The molecular formula is C14H30N2O. The maximum atomic E-state index is 5.94. The van der Waals surface area contributed by atoms with Crippen molar-refractivity contribution in [2.75, 3.05) is 19.6 Å². The minimum absolute atomic E-state index is 0.0202. The van der Waals surface area contributed by atoms with E-state index in [0.29, 0.717) is 12.1 Å². The SMILES string of the molecule is CC1CN(C(C)CNC(C)(C)C)CC(C)(C)O1. The second kappa shape index (κ2) is 5.25. The molecule has 0 bridgehead atoms. The van der Waals surface area contributed by atoms with Crippen LogP contribution in [-0.2, 0) is 4.74 Å². The van der Waals surface area contributed by atoms with Gasteiger partial charge < -0.3 is 10.1 Å². The molecule has 1 saturated heterocycles. The van der Waals surface area contributed by atoms with E-state index < -0.39 is 0 Å². The first kappa shape index (κ1) is 14.9. The van der Waals surface area contributed by atoms with Crippen molar-refractivity contribution < 1.29 is 4.74 Å². The summed E-state index contributed by atoms with van der Waals surface area (Å²) in [5.41, 5.74) is 0.176. The molecule has 0 spiro atoms. The van der Waals surface area contributed by atoms with Crippen LogP contribution in [0.25, 0.3) is 0 Å². The second-order valence-corrected chi connectivity index (χ2v) is 7.10. The van der Waals surface area contributed by atoms with Crippen LogP contribution in [0.3, 0.4) is 0 Å². The zero-order chi connectivity index (χ0) is 13.3. The van der Waals surface area contributed by atoms with Crippen LogP contribution in [0.15, 0.2) is 0 Å². The lowest BCUT2D eigenvalue weighted by molar-refractivity contribution is -0.136. The van der Waals surface area contributed by atoms with Gasteiger partial charge in [-0.05, 0) is 48.5 Å². The molecule has 1 aliphatic heterocycles. The van der Waals surface area contributed by atoms with E-state index in [0.717, 1.165) is 19.6 Å². The van der Waals surface area contributed by atoms with Gasteiger partial charge in [0, 0.05) is 31.2 Å². The minimum Gasteiger partial charge on any atom is -0.370 e. The molecule has 1 fully saturated rings. The van der Waals surface area contributed by atoms with Crippen LogP contribution >= 0.6 is 0 Å². The van der Waals surface area contributed by atoms with Gasteiger partial charge in [-0.2, -0.15) is 0 Å². The first-order valence-corrected chi connectivity index (χ1v) is 6.76. The Balaban J connectivity index is 2.48. The molecule has 0 amide bonds. The van der Waals surface area contributed by atoms with Crippen molar-refractivity contribution in [3.63, 3.8) is 0 Å². The molecule has 0 aromatic heterocycles. The third-order valence-corrected chi connectivity index (χ3v) is 3.15. The summed E-state index contributed by atoms with van der Waals surface area (Å²) in [6.45, 7) is 18.6. The molecule has 0 radical (unpaired) electrons. The van der Waals surface area contributed by atoms with Crippen LogP contribution in [0.2, 0.25) is 0 Å². The van der Waals surface area contributed by atoms with E-state index >= 15 is 0 Å². The fraction of sp³-hybridized carbons (Fsp3) is 1.00. The average molecular weight is 242 g/mol. The van der Waals surface area contributed by atoms with Crippen LogP contribution in [0, 0.1) is 0 Å². The fourth-order valence-electron chi connectivity index (χ4n) is 2.42. The van der Waals surface area contributed by atoms with E-state index in [-0.39, 0.29) is 11.1 Å². The highest BCUT2D eigenvalue weighted by Gasteiger charge is 2.33. The standard InChI is InChI=1S/C14H30N2O/c1-11(8-15-13(3,4)5)16-9-12(2)17-14(6,7)10-16/h11-12,15H,8-10H2,1-7H3. The molecule has 102 valence electrons. The lowest BCUT2D eigenvalue weighted by atomic mass is 10.0. The molecule has 0 aromatic rings. The summed E-state index contributed by atoms with van der Waals surface area (Å²) in [6, 6.07) is 0.555. The molecule has 17 heavy (non-hydrogen) atoms. The Kier molecular flexibility index (Phi) is 4.61. The van der Waals surface area contributed by atoms with E-state index in [1.165, 1.54) is 0 Å². The maximum Gasteiger partial charge on any atom is 0.0757 e. The summed E-state index contributed by atoms with van der Waals surface area (Å²) in [7, 11) is 0. The summed E-state index contributed by atoms with van der Waals surface area (Å²) in [4.78, 5) is 2.53. The van der Waals surface area contributed by atoms with E-state index in [9.17, 15) is 0 Å². The smallest absolute Gasteiger partial charge is 0.0757 e. The van der Waals surface area contributed by atoms with Crippen molar-refractivity contribution in [2.45, 2.75) is 71.8 Å². The minimum atomic E-state index is -0.0202. The monoisotopic (exact) mass is 242 g/mol. The predicted octanol–water partition coefficient (Wildman–Crippen LogP) is 2.26. The molecule has 1 N–H and O–H groups in total. The summed E-state index contributed by atoms with van der Waals surface area (Å²) < 4.78 is 5.94. The predicted molar refractivity (Wildman–Crippen MR) is 73.4 cm³/mol. The van der Waals surface area contributed by atoms with Gasteiger partial charge in [0.2, 0.25) is 0 Å². The Bertz CT molecular complexity index is 245. The number of hydrogen-bond acceptors (Lipinski definition) is 3. The largest absolute Gasteiger partial charge is 0.370 e. The van der Waals surface area contributed by atoms with Gasteiger partial charge in [-0.1, -0.05) is 0 Å². The molecule has 3 heteroatoms. The van der Waals surface area contributed by atoms with Crippen molar-refractivity contribution in [1.82, 2.24) is 10.2 Å². The summed E-state index contributed by atoms with van der Waals surface area (Å²) in [6.07, 6.45) is 0.329. The molecule has 0 aromatic carbocycles. The number of ether oxygens (including phenoxy) is 1. The van der Waals surface area contributed by atoms with Crippen LogP contribution < -0.4 is 5.32 Å². The van der Waals surface area contributed by atoms with Crippen molar-refractivity contribution in [2.24, 2.45) is 0 Å². The average Bonchev–Trinajstić information content (AvgIpc) is 2.09. The van der Waals surface area contributed by atoms with Gasteiger partial charge in [0.1, 0.15) is 0 Å². The van der Waals surface area contributed by atoms with Crippen LogP contribution in [0.5, 0.6) is 0 Å². The third-order valence-electron chi connectivity index (χ3n) is 3.15. The molecule has 2 atom stereocenters. The van der Waals surface area contributed by atoms with Crippen LogP contribution in [-0.4, -0.2) is 47.8 Å². The lowest BCUT2D eigenvalue weighted by Crippen LogP contribution is -2.57. The topological polar surface area (TPSA) is 24.5 Å². The van der Waals surface area contributed by atoms with Crippen molar-refractivity contribution in [3.05, 3.63) is 0 Å². The highest BCUT2D eigenvalue weighted by atomic mass is 16.5. The Hall–Kier alpha value is -0.120. The number of morpholine rings is 1. The molecular weight excluding hydrogens is 212 g/mol. The highest BCUT2D eigenvalue weighted by Crippen LogP contribution is 2.22. The van der Waals surface area contributed by atoms with E-state index in [4.69, 9.17) is 4.74 Å². The Morgan fingerprint density at radius 3 is 2.47 bits per heavy atom. The lowest BCUT2D eigenvalue weighted by Gasteiger charge is -2.44. The van der Waals surface area contributed by atoms with E-state index in [1.807, 2.05) is 0 Å². The molecule has 1 heterocycles. The number of nitrogens with zero attached hydrogens (tertiary/aromatic N) is 1. The van der Waals surface area contributed by atoms with Crippen molar-refractivity contribution >= 4 is 0 Å². The van der Waals surface area contributed by atoms with E-state index in [2.05, 4.69) is 58.7 Å². The maximum absolute atomic E-state index is 5.94. The molecule has 0 aliphatic carbocycles. The molecule has 2 unspecified atom stereocenters. The normalized spacial score (nSPS) is 28.1. The van der Waals surface area contributed by atoms with Crippen molar-refractivity contribution in [1.29, 1.82) is 0 Å². The number of nitrogens with one attached hydrogen (secondary N) is 1. The quantitative estimate of drug-likeness (QED) is 0.821. The van der Waals surface area contributed by atoms with Gasteiger partial charge in [-0.25, -0.2) is 0 Å². The molecule has 3 nitrogen and oxygen atoms in total. The highest BCUT2D eigenvalue weighted by molar-refractivity contribution is 4.86. The number of rotatable bonds is 3. The van der Waals surface area contributed by atoms with Gasteiger partial charge in [0.25, 0.3) is 0 Å². The van der Waals surface area contributed by atoms with Crippen molar-refractivity contribution in [3.8, 4) is 0 Å². The van der Waals surface area contributed by atoms with Gasteiger partial charge >= 0.3 is 0 Å². The Morgan fingerprint density at radius 1 is 1.41 bits per heavy atom. The molecule has 1 aliphatic rings. The number of hydrogen-bond donors (Lipinski definition) is 1. The van der Waals surface area contributed by atoms with Crippen LogP contribution in [0.4, 0.5) is 0 Å². The summed E-state index contributed by atoms with van der Waals surface area (Å²) >= 11 is 0. The first-order chi connectivity index (χ1) is 7.59. The third kappa shape index (κ3) is 5.36. The first-order valence-electron chi connectivity index (χ1n) is 6.76.